The Kier molecular flexibility index (Phi) is 5.38. The van der Waals surface area contributed by atoms with Crippen molar-refractivity contribution in [2.75, 3.05) is 25.1 Å². The van der Waals surface area contributed by atoms with Crippen molar-refractivity contribution < 1.29 is 23.1 Å². The van der Waals surface area contributed by atoms with Crippen LogP contribution >= 0.6 is 0 Å². The Morgan fingerprint density at radius 3 is 2.20 bits per heavy atom. The van der Waals surface area contributed by atoms with E-state index in [9.17, 15) is 18.0 Å². The summed E-state index contributed by atoms with van der Waals surface area (Å²) in [6, 6.07) is -1.62. The lowest BCUT2D eigenvalue weighted by atomic mass is 10.0. The standard InChI is InChI=1S/C12H22N2O5S/c1-8-6-14(7-9(8)2)12(17)13-10(11(15)16)4-5-20(3,18)19/h8-10H,4-7H2,1-3H3,(H,13,17)(H,15,16). The summed E-state index contributed by atoms with van der Waals surface area (Å²) in [5, 5.41) is 11.4. The van der Waals surface area contributed by atoms with E-state index in [-0.39, 0.29) is 12.2 Å². The average molecular weight is 306 g/mol. The largest absolute Gasteiger partial charge is 0.480 e. The minimum Gasteiger partial charge on any atom is -0.480 e. The van der Waals surface area contributed by atoms with E-state index in [4.69, 9.17) is 5.11 Å². The normalized spacial score (nSPS) is 24.4. The quantitative estimate of drug-likeness (QED) is 0.753. The number of sulfone groups is 1. The molecule has 1 rings (SSSR count). The fraction of sp³-hybridized carbons (Fsp3) is 0.833. The van der Waals surface area contributed by atoms with Gasteiger partial charge in [0.25, 0.3) is 0 Å². The number of carbonyl (C=O) groups excluding carboxylic acids is 1. The van der Waals surface area contributed by atoms with Crippen molar-refractivity contribution in [3.05, 3.63) is 0 Å². The highest BCUT2D eigenvalue weighted by Crippen LogP contribution is 2.21. The molecule has 1 fully saturated rings. The van der Waals surface area contributed by atoms with E-state index in [0.29, 0.717) is 24.9 Å². The van der Waals surface area contributed by atoms with Gasteiger partial charge in [-0.05, 0) is 18.3 Å². The van der Waals surface area contributed by atoms with Crippen LogP contribution in [0.15, 0.2) is 0 Å². The number of carboxylic acid groups (broad SMARTS) is 1. The van der Waals surface area contributed by atoms with Crippen molar-refractivity contribution >= 4 is 21.8 Å². The lowest BCUT2D eigenvalue weighted by Crippen LogP contribution is -2.48. The summed E-state index contributed by atoms with van der Waals surface area (Å²) in [6.07, 6.45) is 0.913. The molecular formula is C12H22N2O5S. The highest BCUT2D eigenvalue weighted by atomic mass is 32.2. The van der Waals surface area contributed by atoms with Gasteiger partial charge in [-0.3, -0.25) is 0 Å². The number of amides is 2. The molecule has 3 atom stereocenters. The smallest absolute Gasteiger partial charge is 0.326 e. The van der Waals surface area contributed by atoms with Crippen molar-refractivity contribution in [2.24, 2.45) is 11.8 Å². The van der Waals surface area contributed by atoms with Crippen molar-refractivity contribution in [3.8, 4) is 0 Å². The molecule has 2 amide bonds. The number of rotatable bonds is 5. The van der Waals surface area contributed by atoms with Gasteiger partial charge in [0.05, 0.1) is 5.75 Å². The summed E-state index contributed by atoms with van der Waals surface area (Å²) in [6.45, 7) is 5.25. The highest BCUT2D eigenvalue weighted by Gasteiger charge is 2.31. The maximum absolute atomic E-state index is 12.0. The first kappa shape index (κ1) is 16.7. The molecule has 0 aromatic heterocycles. The first-order valence-corrected chi connectivity index (χ1v) is 8.62. The molecule has 0 spiro atoms. The highest BCUT2D eigenvalue weighted by molar-refractivity contribution is 7.90. The van der Waals surface area contributed by atoms with E-state index in [2.05, 4.69) is 5.32 Å². The van der Waals surface area contributed by atoms with Crippen LogP contribution in [0.3, 0.4) is 0 Å². The van der Waals surface area contributed by atoms with Crippen LogP contribution in [0.1, 0.15) is 20.3 Å². The first-order chi connectivity index (χ1) is 9.10. The molecule has 20 heavy (non-hydrogen) atoms. The van der Waals surface area contributed by atoms with Crippen LogP contribution in [-0.2, 0) is 14.6 Å². The molecule has 8 heteroatoms. The van der Waals surface area contributed by atoms with Gasteiger partial charge < -0.3 is 15.3 Å². The van der Waals surface area contributed by atoms with Crippen LogP contribution in [0.4, 0.5) is 4.79 Å². The van der Waals surface area contributed by atoms with E-state index in [1.165, 1.54) is 0 Å². The van der Waals surface area contributed by atoms with Crippen molar-refractivity contribution in [2.45, 2.75) is 26.3 Å². The average Bonchev–Trinajstić information content (AvgIpc) is 2.63. The molecule has 0 bridgehead atoms. The maximum Gasteiger partial charge on any atom is 0.326 e. The number of hydrogen-bond acceptors (Lipinski definition) is 4. The number of nitrogens with one attached hydrogen (secondary N) is 1. The molecular weight excluding hydrogens is 284 g/mol. The van der Waals surface area contributed by atoms with Crippen LogP contribution in [0.25, 0.3) is 0 Å². The second kappa shape index (κ2) is 6.43. The fourth-order valence-electron chi connectivity index (χ4n) is 2.13. The molecule has 116 valence electrons. The van der Waals surface area contributed by atoms with Gasteiger partial charge in [0.2, 0.25) is 0 Å². The molecule has 2 N–H and O–H groups in total. The molecule has 3 unspecified atom stereocenters. The third-order valence-electron chi connectivity index (χ3n) is 3.65. The third-order valence-corrected chi connectivity index (χ3v) is 4.63. The molecule has 0 aliphatic carbocycles. The van der Waals surface area contributed by atoms with Gasteiger partial charge in [-0.2, -0.15) is 0 Å². The molecule has 1 saturated heterocycles. The van der Waals surface area contributed by atoms with E-state index in [0.717, 1.165) is 6.26 Å². The molecule has 1 heterocycles. The van der Waals surface area contributed by atoms with Crippen molar-refractivity contribution in [1.29, 1.82) is 0 Å². The van der Waals surface area contributed by atoms with Gasteiger partial charge in [-0.15, -0.1) is 0 Å². The zero-order valence-electron chi connectivity index (χ0n) is 12.0. The second-order valence-corrected chi connectivity index (χ2v) is 7.88. The molecule has 0 aromatic rings. The van der Waals surface area contributed by atoms with Crippen molar-refractivity contribution in [1.82, 2.24) is 10.2 Å². The van der Waals surface area contributed by atoms with E-state index in [1.807, 2.05) is 13.8 Å². The number of carbonyl (C=O) groups is 2. The Bertz CT molecular complexity index is 466. The first-order valence-electron chi connectivity index (χ1n) is 6.56. The lowest BCUT2D eigenvalue weighted by molar-refractivity contribution is -0.139. The number of urea groups is 1. The zero-order chi connectivity index (χ0) is 15.5. The Hall–Kier alpha value is -1.31. The van der Waals surface area contributed by atoms with Gasteiger partial charge in [-0.25, -0.2) is 18.0 Å². The van der Waals surface area contributed by atoms with Gasteiger partial charge in [-0.1, -0.05) is 13.8 Å². The van der Waals surface area contributed by atoms with Crippen LogP contribution in [0, 0.1) is 11.8 Å². The predicted octanol–water partition coefficient (Wildman–Crippen LogP) is 0.172. The number of aliphatic carboxylic acids is 1. The Labute approximate surface area is 119 Å². The Morgan fingerprint density at radius 1 is 1.30 bits per heavy atom. The molecule has 1 aliphatic rings. The lowest BCUT2D eigenvalue weighted by Gasteiger charge is -2.20. The van der Waals surface area contributed by atoms with Gasteiger partial charge in [0.15, 0.2) is 0 Å². The minimum absolute atomic E-state index is 0.126. The summed E-state index contributed by atoms with van der Waals surface area (Å²) in [5.74, 6) is -0.737. The van der Waals surface area contributed by atoms with Crippen LogP contribution in [0.5, 0.6) is 0 Å². The predicted molar refractivity (Wildman–Crippen MR) is 74.2 cm³/mol. The summed E-state index contributed by atoms with van der Waals surface area (Å²) >= 11 is 0. The maximum atomic E-state index is 12.0. The molecule has 1 aliphatic heterocycles. The number of likely N-dealkylation sites (tertiary alicyclic amines) is 1. The number of nitrogens with zero attached hydrogens (tertiary/aromatic N) is 1. The zero-order valence-corrected chi connectivity index (χ0v) is 12.8. The fourth-order valence-corrected chi connectivity index (χ4v) is 2.79. The van der Waals surface area contributed by atoms with Crippen LogP contribution in [-0.4, -0.2) is 61.6 Å². The monoisotopic (exact) mass is 306 g/mol. The molecule has 0 saturated carbocycles. The third kappa shape index (κ3) is 4.99. The van der Waals surface area contributed by atoms with E-state index >= 15 is 0 Å². The SMILES string of the molecule is CC1CN(C(=O)NC(CCS(C)(=O)=O)C(=O)O)CC1C. The minimum atomic E-state index is -3.25. The summed E-state index contributed by atoms with van der Waals surface area (Å²) in [7, 11) is -3.25. The Balaban J connectivity index is 2.58. The van der Waals surface area contributed by atoms with Gasteiger partial charge in [0, 0.05) is 19.3 Å². The molecule has 0 aromatic carbocycles. The molecule has 7 nitrogen and oxygen atoms in total. The summed E-state index contributed by atoms with van der Waals surface area (Å²) in [5.41, 5.74) is 0. The van der Waals surface area contributed by atoms with Crippen molar-refractivity contribution in [3.63, 3.8) is 0 Å². The number of carboxylic acids is 1. The van der Waals surface area contributed by atoms with Gasteiger partial charge in [0.1, 0.15) is 15.9 Å². The van der Waals surface area contributed by atoms with Crippen LogP contribution < -0.4 is 5.32 Å². The summed E-state index contributed by atoms with van der Waals surface area (Å²) < 4.78 is 22.1. The Morgan fingerprint density at radius 2 is 1.80 bits per heavy atom. The van der Waals surface area contributed by atoms with E-state index < -0.39 is 27.9 Å². The van der Waals surface area contributed by atoms with Gasteiger partial charge >= 0.3 is 12.0 Å². The second-order valence-electron chi connectivity index (χ2n) is 5.62. The summed E-state index contributed by atoms with van der Waals surface area (Å²) in [4.78, 5) is 24.6. The topological polar surface area (TPSA) is 104 Å². The van der Waals surface area contributed by atoms with Crippen LogP contribution in [0.2, 0.25) is 0 Å². The molecule has 0 radical (unpaired) electrons. The van der Waals surface area contributed by atoms with E-state index in [1.54, 1.807) is 4.90 Å². The number of hydrogen-bond donors (Lipinski definition) is 2.